The molecule has 0 atom stereocenters. The van der Waals surface area contributed by atoms with E-state index < -0.39 is 0 Å². The lowest BCUT2D eigenvalue weighted by atomic mass is 9.90. The van der Waals surface area contributed by atoms with Gasteiger partial charge in [-0.1, -0.05) is 13.8 Å². The molecule has 0 aliphatic carbocycles. The quantitative estimate of drug-likeness (QED) is 0.658. The minimum Gasteiger partial charge on any atom is -0.384 e. The van der Waals surface area contributed by atoms with E-state index in [0.29, 0.717) is 13.0 Å². The number of hydrogen-bond acceptors (Lipinski definition) is 2. The van der Waals surface area contributed by atoms with E-state index in [2.05, 4.69) is 5.32 Å². The van der Waals surface area contributed by atoms with E-state index in [-0.39, 0.29) is 11.3 Å². The number of rotatable bonds is 4. The molecule has 0 aromatic rings. The van der Waals surface area contributed by atoms with Crippen molar-refractivity contribution in [1.82, 2.24) is 5.32 Å². The van der Waals surface area contributed by atoms with E-state index >= 15 is 0 Å². The van der Waals surface area contributed by atoms with Crippen LogP contribution in [0, 0.1) is 5.41 Å². The number of nitrogens with one attached hydrogen (secondary N) is 1. The summed E-state index contributed by atoms with van der Waals surface area (Å²) in [7, 11) is 3.29. The lowest BCUT2D eigenvalue weighted by molar-refractivity contribution is -0.123. The predicted molar refractivity (Wildman–Crippen MR) is 44.3 cm³/mol. The molecular formula is C8H17NO2. The second-order valence-electron chi connectivity index (χ2n) is 3.45. The highest BCUT2D eigenvalue weighted by Gasteiger charge is 2.20. The highest BCUT2D eigenvalue weighted by molar-refractivity contribution is 5.76. The van der Waals surface area contributed by atoms with Crippen LogP contribution in [0.3, 0.4) is 0 Å². The van der Waals surface area contributed by atoms with Crippen molar-refractivity contribution < 1.29 is 9.53 Å². The second-order valence-corrected chi connectivity index (χ2v) is 3.45. The fourth-order valence-electron chi connectivity index (χ4n) is 0.965. The summed E-state index contributed by atoms with van der Waals surface area (Å²) in [5.74, 6) is 0.0621. The fourth-order valence-corrected chi connectivity index (χ4v) is 0.965. The average Bonchev–Trinajstić information content (AvgIpc) is 1.86. The van der Waals surface area contributed by atoms with Crippen LogP contribution in [0.25, 0.3) is 0 Å². The van der Waals surface area contributed by atoms with Crippen LogP contribution in [0.1, 0.15) is 20.3 Å². The summed E-state index contributed by atoms with van der Waals surface area (Å²) in [5, 5.41) is 2.58. The van der Waals surface area contributed by atoms with Crippen LogP contribution in [0.5, 0.6) is 0 Å². The third-order valence-corrected chi connectivity index (χ3v) is 1.45. The third kappa shape index (κ3) is 4.79. The maximum atomic E-state index is 10.9. The Morgan fingerprint density at radius 1 is 1.55 bits per heavy atom. The largest absolute Gasteiger partial charge is 0.384 e. The topological polar surface area (TPSA) is 38.3 Å². The number of amides is 1. The molecular weight excluding hydrogens is 142 g/mol. The molecule has 66 valence electrons. The van der Waals surface area contributed by atoms with E-state index in [1.165, 1.54) is 0 Å². The van der Waals surface area contributed by atoms with Crippen LogP contribution in [0.4, 0.5) is 0 Å². The summed E-state index contributed by atoms with van der Waals surface area (Å²) in [5.41, 5.74) is -0.0607. The molecule has 0 aliphatic heterocycles. The third-order valence-electron chi connectivity index (χ3n) is 1.45. The van der Waals surface area contributed by atoms with Crippen molar-refractivity contribution in [2.45, 2.75) is 20.3 Å². The van der Waals surface area contributed by atoms with Crippen molar-refractivity contribution in [3.8, 4) is 0 Å². The fraction of sp³-hybridized carbons (Fsp3) is 0.875. The Labute approximate surface area is 68.1 Å². The van der Waals surface area contributed by atoms with Gasteiger partial charge in [-0.2, -0.15) is 0 Å². The van der Waals surface area contributed by atoms with Gasteiger partial charge in [0.15, 0.2) is 0 Å². The molecule has 0 aromatic carbocycles. The Morgan fingerprint density at radius 2 is 2.09 bits per heavy atom. The maximum Gasteiger partial charge on any atom is 0.220 e. The zero-order valence-electron chi connectivity index (χ0n) is 7.73. The number of hydrogen-bond donors (Lipinski definition) is 1. The van der Waals surface area contributed by atoms with Gasteiger partial charge < -0.3 is 10.1 Å². The lowest BCUT2D eigenvalue weighted by Crippen LogP contribution is -2.28. The minimum atomic E-state index is -0.0607. The average molecular weight is 159 g/mol. The standard InChI is InChI=1S/C8H17NO2/c1-8(2,6-11-4)5-7(10)9-3/h5-6H2,1-4H3,(H,9,10). The van der Waals surface area contributed by atoms with E-state index in [0.717, 1.165) is 0 Å². The van der Waals surface area contributed by atoms with Gasteiger partial charge in [0, 0.05) is 20.6 Å². The lowest BCUT2D eigenvalue weighted by Gasteiger charge is -2.21. The first-order valence-corrected chi connectivity index (χ1v) is 3.71. The van der Waals surface area contributed by atoms with Crippen LogP contribution < -0.4 is 5.32 Å². The van der Waals surface area contributed by atoms with Gasteiger partial charge in [-0.25, -0.2) is 0 Å². The molecule has 0 saturated carbocycles. The molecule has 0 bridgehead atoms. The van der Waals surface area contributed by atoms with Gasteiger partial charge in [-0.3, -0.25) is 4.79 Å². The number of methoxy groups -OCH3 is 1. The van der Waals surface area contributed by atoms with Crippen LogP contribution in [-0.2, 0) is 9.53 Å². The maximum absolute atomic E-state index is 10.9. The van der Waals surface area contributed by atoms with Crippen LogP contribution in [-0.4, -0.2) is 26.7 Å². The minimum absolute atomic E-state index is 0.0607. The Hall–Kier alpha value is -0.570. The van der Waals surface area contributed by atoms with Crippen molar-refractivity contribution in [1.29, 1.82) is 0 Å². The van der Waals surface area contributed by atoms with Gasteiger partial charge in [0.2, 0.25) is 5.91 Å². The van der Waals surface area contributed by atoms with Crippen LogP contribution in [0.15, 0.2) is 0 Å². The molecule has 1 amide bonds. The first kappa shape index (κ1) is 10.4. The highest BCUT2D eigenvalue weighted by Crippen LogP contribution is 2.19. The van der Waals surface area contributed by atoms with Crippen LogP contribution >= 0.6 is 0 Å². The van der Waals surface area contributed by atoms with E-state index in [1.807, 2.05) is 13.8 Å². The normalized spacial score (nSPS) is 11.3. The first-order valence-electron chi connectivity index (χ1n) is 3.71. The first-order chi connectivity index (χ1) is 5.02. The van der Waals surface area contributed by atoms with Gasteiger partial charge in [0.25, 0.3) is 0 Å². The Balaban J connectivity index is 3.80. The van der Waals surface area contributed by atoms with Gasteiger partial charge in [0.05, 0.1) is 6.61 Å². The molecule has 11 heavy (non-hydrogen) atoms. The number of carbonyl (C=O) groups is 1. The summed E-state index contributed by atoms with van der Waals surface area (Å²) in [6, 6.07) is 0. The van der Waals surface area contributed by atoms with Crippen molar-refractivity contribution in [3.05, 3.63) is 0 Å². The van der Waals surface area contributed by atoms with E-state index in [4.69, 9.17) is 4.74 Å². The Kier molecular flexibility index (Phi) is 4.11. The van der Waals surface area contributed by atoms with E-state index in [1.54, 1.807) is 14.2 Å². The Morgan fingerprint density at radius 3 is 2.45 bits per heavy atom. The van der Waals surface area contributed by atoms with Gasteiger partial charge in [-0.15, -0.1) is 0 Å². The molecule has 0 saturated heterocycles. The monoisotopic (exact) mass is 159 g/mol. The predicted octanol–water partition coefficient (Wildman–Crippen LogP) is 0.795. The molecule has 0 unspecified atom stereocenters. The second kappa shape index (κ2) is 4.34. The molecule has 3 nitrogen and oxygen atoms in total. The van der Waals surface area contributed by atoms with E-state index in [9.17, 15) is 4.79 Å². The summed E-state index contributed by atoms with van der Waals surface area (Å²) in [6.07, 6.45) is 0.511. The molecule has 0 aliphatic rings. The van der Waals surface area contributed by atoms with Gasteiger partial charge >= 0.3 is 0 Å². The summed E-state index contributed by atoms with van der Waals surface area (Å²) in [4.78, 5) is 10.9. The molecule has 0 fully saturated rings. The van der Waals surface area contributed by atoms with Crippen LogP contribution in [0.2, 0.25) is 0 Å². The molecule has 0 radical (unpaired) electrons. The number of ether oxygens (including phenoxy) is 1. The molecule has 0 aromatic heterocycles. The molecule has 0 heterocycles. The zero-order chi connectivity index (χ0) is 8.91. The molecule has 3 heteroatoms. The number of carbonyl (C=O) groups excluding carboxylic acids is 1. The summed E-state index contributed by atoms with van der Waals surface area (Å²) < 4.78 is 4.97. The molecule has 1 N–H and O–H groups in total. The SMILES string of the molecule is CNC(=O)CC(C)(C)COC. The summed E-state index contributed by atoms with van der Waals surface area (Å²) in [6.45, 7) is 4.62. The van der Waals surface area contributed by atoms with Crippen molar-refractivity contribution >= 4 is 5.91 Å². The van der Waals surface area contributed by atoms with Crippen molar-refractivity contribution in [2.24, 2.45) is 5.41 Å². The van der Waals surface area contributed by atoms with Crippen molar-refractivity contribution in [3.63, 3.8) is 0 Å². The molecule has 0 rings (SSSR count). The highest BCUT2D eigenvalue weighted by atomic mass is 16.5. The van der Waals surface area contributed by atoms with Gasteiger partial charge in [-0.05, 0) is 5.41 Å². The van der Waals surface area contributed by atoms with Gasteiger partial charge in [0.1, 0.15) is 0 Å². The van der Waals surface area contributed by atoms with Crippen molar-refractivity contribution in [2.75, 3.05) is 20.8 Å². The summed E-state index contributed by atoms with van der Waals surface area (Å²) >= 11 is 0. The molecule has 0 spiro atoms. The zero-order valence-corrected chi connectivity index (χ0v) is 7.73. The Bertz CT molecular complexity index is 132. The smallest absolute Gasteiger partial charge is 0.220 e.